The first-order valence-corrected chi connectivity index (χ1v) is 12.7. The highest BCUT2D eigenvalue weighted by molar-refractivity contribution is 5.07. The fourth-order valence-electron chi connectivity index (χ4n) is 7.08. The Labute approximate surface area is 187 Å². The number of piperidine rings is 1. The van der Waals surface area contributed by atoms with Gasteiger partial charge in [-0.05, 0) is 58.2 Å². The first-order chi connectivity index (χ1) is 15.0. The molecular formula is C23H44N6O2. The van der Waals surface area contributed by atoms with Gasteiger partial charge in [0.2, 0.25) is 0 Å². The third-order valence-electron chi connectivity index (χ3n) is 9.15. The number of piperazine rings is 1. The molecule has 1 spiro atoms. The highest BCUT2D eigenvalue weighted by Gasteiger charge is 2.52. The lowest BCUT2D eigenvalue weighted by Crippen LogP contribution is -2.77. The molecule has 6 unspecified atom stereocenters. The summed E-state index contributed by atoms with van der Waals surface area (Å²) in [6.45, 7) is 9.54. The van der Waals surface area contributed by atoms with Crippen LogP contribution in [-0.4, -0.2) is 109 Å². The third-order valence-corrected chi connectivity index (χ3v) is 9.15. The Bertz CT molecular complexity index is 611. The van der Waals surface area contributed by atoms with Crippen molar-refractivity contribution in [2.24, 2.45) is 17.6 Å². The number of hydrogen-bond donors (Lipinski definition) is 4. The first kappa shape index (κ1) is 22.5. The number of hydrogen-bond acceptors (Lipinski definition) is 8. The van der Waals surface area contributed by atoms with Crippen molar-refractivity contribution in [1.29, 1.82) is 0 Å². The van der Waals surface area contributed by atoms with Gasteiger partial charge >= 0.3 is 0 Å². The molecule has 5 rings (SSSR count). The van der Waals surface area contributed by atoms with Gasteiger partial charge in [-0.15, -0.1) is 0 Å². The Hall–Kier alpha value is -0.320. The van der Waals surface area contributed by atoms with Crippen LogP contribution in [0.2, 0.25) is 0 Å². The molecule has 0 aromatic heterocycles. The van der Waals surface area contributed by atoms with Gasteiger partial charge in [-0.25, -0.2) is 5.43 Å². The van der Waals surface area contributed by atoms with Crippen LogP contribution in [0.1, 0.15) is 45.4 Å². The van der Waals surface area contributed by atoms with Crippen molar-refractivity contribution in [2.45, 2.75) is 81.4 Å². The number of aliphatic hydroxyl groups is 1. The van der Waals surface area contributed by atoms with E-state index in [1.54, 1.807) is 0 Å². The Kier molecular flexibility index (Phi) is 6.63. The van der Waals surface area contributed by atoms with Crippen LogP contribution in [-0.2, 0) is 4.74 Å². The number of nitrogens with one attached hydrogen (secondary N) is 2. The van der Waals surface area contributed by atoms with Crippen molar-refractivity contribution in [2.75, 3.05) is 53.0 Å². The summed E-state index contributed by atoms with van der Waals surface area (Å²) in [6.07, 6.45) is 6.72. The van der Waals surface area contributed by atoms with Gasteiger partial charge in [-0.1, -0.05) is 13.3 Å². The SMILES string of the molecule is CC1CCCC(C2CC(N3CCN(C4CCN(C)CC4)C4(COC4)C3)C(N)NN2)C1O. The summed E-state index contributed by atoms with van der Waals surface area (Å²) in [5.74, 6) is 0.704. The molecule has 4 aliphatic heterocycles. The summed E-state index contributed by atoms with van der Waals surface area (Å²) < 4.78 is 5.79. The predicted octanol–water partition coefficient (Wildman–Crippen LogP) is -0.216. The first-order valence-electron chi connectivity index (χ1n) is 12.7. The minimum atomic E-state index is -0.212. The fraction of sp³-hybridized carbons (Fsp3) is 1.00. The monoisotopic (exact) mass is 436 g/mol. The molecule has 0 aromatic rings. The summed E-state index contributed by atoms with van der Waals surface area (Å²) in [7, 11) is 2.24. The highest BCUT2D eigenvalue weighted by Crippen LogP contribution is 2.37. The van der Waals surface area contributed by atoms with E-state index in [0.29, 0.717) is 23.9 Å². The van der Waals surface area contributed by atoms with Crippen LogP contribution in [0.3, 0.4) is 0 Å². The molecule has 4 saturated heterocycles. The second kappa shape index (κ2) is 9.14. The Balaban J connectivity index is 1.25. The average molecular weight is 437 g/mol. The number of likely N-dealkylation sites (tertiary alicyclic amines) is 1. The lowest BCUT2D eigenvalue weighted by atomic mass is 9.74. The van der Waals surface area contributed by atoms with Crippen molar-refractivity contribution >= 4 is 0 Å². The van der Waals surface area contributed by atoms with E-state index in [-0.39, 0.29) is 23.9 Å². The van der Waals surface area contributed by atoms with Crippen LogP contribution < -0.4 is 16.6 Å². The Morgan fingerprint density at radius 3 is 2.52 bits per heavy atom. The average Bonchev–Trinajstić information content (AvgIpc) is 2.75. The molecule has 31 heavy (non-hydrogen) atoms. The number of nitrogens with two attached hydrogens (primary N) is 1. The smallest absolute Gasteiger partial charge is 0.0837 e. The molecule has 0 bridgehead atoms. The van der Waals surface area contributed by atoms with Gasteiger partial charge < -0.3 is 20.5 Å². The second-order valence-electron chi connectivity index (χ2n) is 11.2. The van der Waals surface area contributed by atoms with Crippen molar-refractivity contribution in [3.63, 3.8) is 0 Å². The zero-order valence-corrected chi connectivity index (χ0v) is 19.5. The second-order valence-corrected chi connectivity index (χ2v) is 11.2. The zero-order chi connectivity index (χ0) is 21.6. The fourth-order valence-corrected chi connectivity index (χ4v) is 7.08. The Morgan fingerprint density at radius 1 is 1.03 bits per heavy atom. The number of ether oxygens (including phenoxy) is 1. The zero-order valence-electron chi connectivity index (χ0n) is 19.5. The molecule has 6 atom stereocenters. The minimum Gasteiger partial charge on any atom is -0.393 e. The Morgan fingerprint density at radius 2 is 1.81 bits per heavy atom. The van der Waals surface area contributed by atoms with Gasteiger partial charge in [-0.2, -0.15) is 0 Å². The van der Waals surface area contributed by atoms with Crippen molar-refractivity contribution in [3.05, 3.63) is 0 Å². The molecule has 0 amide bonds. The van der Waals surface area contributed by atoms with E-state index in [1.807, 2.05) is 0 Å². The lowest BCUT2D eigenvalue weighted by molar-refractivity contribution is -0.193. The summed E-state index contributed by atoms with van der Waals surface area (Å²) in [5.41, 5.74) is 13.6. The third kappa shape index (κ3) is 4.30. The number of hydrazine groups is 1. The highest BCUT2D eigenvalue weighted by atomic mass is 16.5. The maximum Gasteiger partial charge on any atom is 0.0837 e. The van der Waals surface area contributed by atoms with Crippen LogP contribution in [0.4, 0.5) is 0 Å². The molecular weight excluding hydrogens is 392 g/mol. The molecule has 0 aromatic carbocycles. The molecule has 0 radical (unpaired) electrons. The van der Waals surface area contributed by atoms with E-state index in [1.165, 1.54) is 32.4 Å². The van der Waals surface area contributed by atoms with Crippen LogP contribution in [0.15, 0.2) is 0 Å². The summed E-state index contributed by atoms with van der Waals surface area (Å²) in [6, 6.07) is 1.27. The summed E-state index contributed by atoms with van der Waals surface area (Å²) >= 11 is 0. The van der Waals surface area contributed by atoms with E-state index < -0.39 is 0 Å². The number of nitrogens with zero attached hydrogens (tertiary/aromatic N) is 3. The van der Waals surface area contributed by atoms with E-state index in [0.717, 1.165) is 52.1 Å². The molecule has 8 heteroatoms. The van der Waals surface area contributed by atoms with Crippen LogP contribution >= 0.6 is 0 Å². The van der Waals surface area contributed by atoms with Gasteiger partial charge in [0.15, 0.2) is 0 Å². The molecule has 5 fully saturated rings. The normalized spacial score (nSPS) is 43.7. The molecule has 5 aliphatic rings. The standard InChI is InChI=1S/C23H44N6O2/c1-16-4-3-5-18(21(16)30)19-12-20(22(24)26-25-19)28-10-11-29(23(13-28)14-31-15-23)17-6-8-27(2)9-7-17/h16-22,25-26,30H,3-15,24H2,1-2H3. The van der Waals surface area contributed by atoms with E-state index >= 15 is 0 Å². The maximum atomic E-state index is 10.8. The quantitative estimate of drug-likeness (QED) is 0.483. The molecule has 5 N–H and O–H groups in total. The van der Waals surface area contributed by atoms with E-state index in [9.17, 15) is 5.11 Å². The molecule has 1 saturated carbocycles. The molecule has 4 heterocycles. The van der Waals surface area contributed by atoms with Gasteiger partial charge in [0.25, 0.3) is 0 Å². The van der Waals surface area contributed by atoms with Gasteiger partial charge in [0, 0.05) is 43.7 Å². The number of rotatable bonds is 3. The maximum absolute atomic E-state index is 10.8. The summed E-state index contributed by atoms with van der Waals surface area (Å²) in [4.78, 5) is 7.89. The van der Waals surface area contributed by atoms with Crippen molar-refractivity contribution in [1.82, 2.24) is 25.6 Å². The van der Waals surface area contributed by atoms with Crippen molar-refractivity contribution in [3.8, 4) is 0 Å². The molecule has 1 aliphatic carbocycles. The van der Waals surface area contributed by atoms with Gasteiger partial charge in [0.1, 0.15) is 0 Å². The topological polar surface area (TPSA) is 89.3 Å². The molecule has 8 nitrogen and oxygen atoms in total. The van der Waals surface area contributed by atoms with Gasteiger partial charge in [0.05, 0.1) is 31.0 Å². The largest absolute Gasteiger partial charge is 0.393 e. The van der Waals surface area contributed by atoms with Crippen LogP contribution in [0, 0.1) is 11.8 Å². The summed E-state index contributed by atoms with van der Waals surface area (Å²) in [5, 5.41) is 10.8. The van der Waals surface area contributed by atoms with Gasteiger partial charge in [-0.3, -0.25) is 15.2 Å². The van der Waals surface area contributed by atoms with Crippen LogP contribution in [0.5, 0.6) is 0 Å². The van der Waals surface area contributed by atoms with Crippen molar-refractivity contribution < 1.29 is 9.84 Å². The molecule has 178 valence electrons. The predicted molar refractivity (Wildman–Crippen MR) is 121 cm³/mol. The van der Waals surface area contributed by atoms with Crippen LogP contribution in [0.25, 0.3) is 0 Å². The number of aliphatic hydroxyl groups excluding tert-OH is 1. The lowest BCUT2D eigenvalue weighted by Gasteiger charge is -2.60. The van der Waals surface area contributed by atoms with E-state index in [4.69, 9.17) is 10.5 Å². The minimum absolute atomic E-state index is 0.0812. The van der Waals surface area contributed by atoms with E-state index in [2.05, 4.69) is 39.5 Å².